The zero-order chi connectivity index (χ0) is 21.9. The van der Waals surface area contributed by atoms with E-state index in [1.807, 2.05) is 0 Å². The van der Waals surface area contributed by atoms with Gasteiger partial charge in [-0.25, -0.2) is 18.6 Å². The van der Waals surface area contributed by atoms with E-state index in [1.165, 1.54) is 0 Å². The minimum absolute atomic E-state index is 0.0959. The molecule has 0 fully saturated rings. The number of hydrogen-bond donors (Lipinski definition) is 1. The molecule has 2 aromatic rings. The number of aromatic carboxylic acids is 1. The second-order valence-electron chi connectivity index (χ2n) is 6.63. The fourth-order valence-electron chi connectivity index (χ4n) is 2.82. The summed E-state index contributed by atoms with van der Waals surface area (Å²) in [4.78, 5) is 15.4. The maximum Gasteiger partial charge on any atom is 0.433 e. The maximum atomic E-state index is 13.7. The molecule has 0 aliphatic heterocycles. The van der Waals surface area contributed by atoms with E-state index < -0.39 is 35.5 Å². The van der Waals surface area contributed by atoms with Gasteiger partial charge in [0, 0.05) is 15.1 Å². The van der Waals surface area contributed by atoms with Gasteiger partial charge in [0.25, 0.3) is 6.43 Å². The normalized spacial score (nSPS) is 12.1. The topological polar surface area (TPSA) is 50.2 Å². The number of pyridine rings is 1. The van der Waals surface area contributed by atoms with Gasteiger partial charge >= 0.3 is 12.1 Å². The Kier molecular flexibility index (Phi) is 7.67. The van der Waals surface area contributed by atoms with Crippen LogP contribution in [0.1, 0.15) is 53.1 Å². The smallest absolute Gasteiger partial charge is 0.433 e. The van der Waals surface area contributed by atoms with Crippen LogP contribution < -0.4 is 0 Å². The van der Waals surface area contributed by atoms with Gasteiger partial charge in [0.2, 0.25) is 0 Å². The third-order valence-corrected chi connectivity index (χ3v) is 5.43. The van der Waals surface area contributed by atoms with E-state index in [4.69, 9.17) is 0 Å². The Hall–Kier alpha value is -1.68. The molecule has 0 atom stereocenters. The zero-order valence-electron chi connectivity index (χ0n) is 15.4. The van der Waals surface area contributed by atoms with Crippen molar-refractivity contribution >= 4 is 33.7 Å². The first-order valence-corrected chi connectivity index (χ1v) is 10.2. The number of thioether (sulfide) groups is 1. The lowest BCUT2D eigenvalue weighted by Crippen LogP contribution is -2.21. The standard InChI is InChI=1S/C19H17BrF5NO2S/c1-9(2)6-12-13(8-29-11-5-3-4-10(20)7-11)16(19(23,24)25)26-15(17(21)22)14(12)18(27)28/h3-5,7,9,17H,6,8H2,1-2H3,(H,27,28). The molecule has 10 heteroatoms. The van der Waals surface area contributed by atoms with Crippen LogP contribution in [0.3, 0.4) is 0 Å². The molecule has 0 unspecified atom stereocenters. The molecule has 0 bridgehead atoms. The molecule has 1 heterocycles. The molecule has 0 saturated heterocycles. The predicted molar refractivity (Wildman–Crippen MR) is 103 cm³/mol. The number of carboxylic acids is 1. The highest BCUT2D eigenvalue weighted by molar-refractivity contribution is 9.10. The molecule has 3 nitrogen and oxygen atoms in total. The van der Waals surface area contributed by atoms with Gasteiger partial charge in [-0.15, -0.1) is 11.8 Å². The van der Waals surface area contributed by atoms with Gasteiger partial charge in [0.15, 0.2) is 0 Å². The van der Waals surface area contributed by atoms with Gasteiger partial charge < -0.3 is 5.11 Å². The van der Waals surface area contributed by atoms with Crippen LogP contribution in [0.15, 0.2) is 33.6 Å². The van der Waals surface area contributed by atoms with Crippen molar-refractivity contribution in [2.24, 2.45) is 5.92 Å². The Balaban J connectivity index is 2.72. The van der Waals surface area contributed by atoms with Crippen LogP contribution in [0.2, 0.25) is 0 Å². The van der Waals surface area contributed by atoms with E-state index in [-0.39, 0.29) is 29.2 Å². The number of halogens is 6. The molecular weight excluding hydrogens is 481 g/mol. The van der Waals surface area contributed by atoms with Crippen molar-refractivity contribution in [1.29, 1.82) is 0 Å². The van der Waals surface area contributed by atoms with E-state index in [0.29, 0.717) is 4.90 Å². The summed E-state index contributed by atoms with van der Waals surface area (Å²) in [5, 5.41) is 9.48. The molecule has 158 valence electrons. The Bertz CT molecular complexity index is 903. The highest BCUT2D eigenvalue weighted by Gasteiger charge is 2.40. The van der Waals surface area contributed by atoms with E-state index in [1.54, 1.807) is 38.1 Å². The minimum Gasteiger partial charge on any atom is -0.478 e. The average molecular weight is 498 g/mol. The number of carbonyl (C=O) groups is 1. The van der Waals surface area contributed by atoms with E-state index in [0.717, 1.165) is 16.2 Å². The fraction of sp³-hybridized carbons (Fsp3) is 0.368. The SMILES string of the molecule is CC(C)Cc1c(CSc2cccc(Br)c2)c(C(F)(F)F)nc(C(F)F)c1C(=O)O. The number of carboxylic acid groups (broad SMARTS) is 1. The number of alkyl halides is 5. The van der Waals surface area contributed by atoms with Crippen molar-refractivity contribution in [3.05, 3.63) is 56.8 Å². The van der Waals surface area contributed by atoms with Crippen LogP contribution in [0, 0.1) is 5.92 Å². The van der Waals surface area contributed by atoms with Gasteiger partial charge in [-0.2, -0.15) is 13.2 Å². The minimum atomic E-state index is -5.00. The van der Waals surface area contributed by atoms with Gasteiger partial charge in [0.1, 0.15) is 11.4 Å². The number of aromatic nitrogens is 1. The molecule has 0 aliphatic rings. The molecule has 0 saturated carbocycles. The molecule has 0 amide bonds. The second-order valence-corrected chi connectivity index (χ2v) is 8.59. The van der Waals surface area contributed by atoms with Crippen molar-refractivity contribution in [2.75, 3.05) is 0 Å². The van der Waals surface area contributed by atoms with E-state index in [9.17, 15) is 31.9 Å². The summed E-state index contributed by atoms with van der Waals surface area (Å²) < 4.78 is 68.5. The van der Waals surface area contributed by atoms with Crippen molar-refractivity contribution in [3.63, 3.8) is 0 Å². The quantitative estimate of drug-likeness (QED) is 0.330. The predicted octanol–water partition coefficient (Wildman–Crippen LogP) is 6.99. The Morgan fingerprint density at radius 3 is 2.38 bits per heavy atom. The maximum absolute atomic E-state index is 13.7. The van der Waals surface area contributed by atoms with Crippen LogP contribution in [0.4, 0.5) is 22.0 Å². The fourth-order valence-corrected chi connectivity index (χ4v) is 4.38. The third kappa shape index (κ3) is 5.91. The Morgan fingerprint density at radius 1 is 1.24 bits per heavy atom. The molecule has 1 aromatic carbocycles. The lowest BCUT2D eigenvalue weighted by molar-refractivity contribution is -0.142. The van der Waals surface area contributed by atoms with Crippen molar-refractivity contribution < 1.29 is 31.9 Å². The monoisotopic (exact) mass is 497 g/mol. The second kappa shape index (κ2) is 9.42. The summed E-state index contributed by atoms with van der Waals surface area (Å²) in [6, 6.07) is 6.83. The highest BCUT2D eigenvalue weighted by atomic mass is 79.9. The van der Waals surface area contributed by atoms with Crippen LogP contribution in [0.25, 0.3) is 0 Å². The molecule has 29 heavy (non-hydrogen) atoms. The van der Waals surface area contributed by atoms with Gasteiger partial charge in [-0.3, -0.25) is 0 Å². The summed E-state index contributed by atoms with van der Waals surface area (Å²) in [5.74, 6) is -2.23. The van der Waals surface area contributed by atoms with Gasteiger partial charge in [-0.05, 0) is 41.7 Å². The lowest BCUT2D eigenvalue weighted by Gasteiger charge is -2.21. The van der Waals surface area contributed by atoms with Crippen molar-refractivity contribution in [3.8, 4) is 0 Å². The summed E-state index contributed by atoms with van der Waals surface area (Å²) >= 11 is 4.31. The van der Waals surface area contributed by atoms with Crippen LogP contribution in [-0.4, -0.2) is 16.1 Å². The highest BCUT2D eigenvalue weighted by Crippen LogP contribution is 2.40. The number of benzene rings is 1. The molecule has 0 radical (unpaired) electrons. The molecule has 0 aliphatic carbocycles. The summed E-state index contributed by atoms with van der Waals surface area (Å²) in [5.41, 5.74) is -4.27. The first-order valence-electron chi connectivity index (χ1n) is 8.44. The van der Waals surface area contributed by atoms with Crippen LogP contribution >= 0.6 is 27.7 Å². The molecule has 1 N–H and O–H groups in total. The van der Waals surface area contributed by atoms with Gasteiger partial charge in [0.05, 0.1) is 5.56 Å². The number of hydrogen-bond acceptors (Lipinski definition) is 3. The first kappa shape index (κ1) is 23.6. The Morgan fingerprint density at radius 2 is 1.90 bits per heavy atom. The molecule has 0 spiro atoms. The van der Waals surface area contributed by atoms with Crippen molar-refractivity contribution in [2.45, 2.75) is 43.5 Å². The number of nitrogens with zero attached hydrogens (tertiary/aromatic N) is 1. The van der Waals surface area contributed by atoms with E-state index >= 15 is 0 Å². The van der Waals surface area contributed by atoms with Crippen LogP contribution in [-0.2, 0) is 18.3 Å². The largest absolute Gasteiger partial charge is 0.478 e. The van der Waals surface area contributed by atoms with Crippen molar-refractivity contribution in [1.82, 2.24) is 4.98 Å². The summed E-state index contributed by atoms with van der Waals surface area (Å²) in [7, 11) is 0. The zero-order valence-corrected chi connectivity index (χ0v) is 17.8. The first-order chi connectivity index (χ1) is 13.4. The van der Waals surface area contributed by atoms with E-state index in [2.05, 4.69) is 20.9 Å². The lowest BCUT2D eigenvalue weighted by atomic mass is 9.91. The third-order valence-electron chi connectivity index (χ3n) is 3.92. The summed E-state index contributed by atoms with van der Waals surface area (Å²) in [6.45, 7) is 3.35. The molecular formula is C19H17BrF5NO2S. The summed E-state index contributed by atoms with van der Waals surface area (Å²) in [6.07, 6.45) is -8.54. The average Bonchev–Trinajstić information content (AvgIpc) is 2.58. The molecule has 1 aromatic heterocycles. The Labute approximate surface area is 176 Å². The molecule has 2 rings (SSSR count). The van der Waals surface area contributed by atoms with Gasteiger partial charge in [-0.1, -0.05) is 35.8 Å². The van der Waals surface area contributed by atoms with Crippen LogP contribution in [0.5, 0.6) is 0 Å². The number of rotatable bonds is 7.